The molecule has 1 aliphatic rings. The third kappa shape index (κ3) is 5.56. The normalized spacial score (nSPS) is 19.7. The van der Waals surface area contributed by atoms with Gasteiger partial charge < -0.3 is 21.3 Å². The number of carbonyl (C=O) groups excluding carboxylic acids is 1. The molecular formula is C32H28N4O4S2. The molecule has 2 aromatic heterocycles. The van der Waals surface area contributed by atoms with Gasteiger partial charge in [0, 0.05) is 30.2 Å². The summed E-state index contributed by atoms with van der Waals surface area (Å²) in [6, 6.07) is 25.5. The van der Waals surface area contributed by atoms with Gasteiger partial charge in [0.2, 0.25) is 5.91 Å². The van der Waals surface area contributed by atoms with Gasteiger partial charge in [0.1, 0.15) is 10.0 Å². The van der Waals surface area contributed by atoms with Crippen LogP contribution in [-0.2, 0) is 16.8 Å². The van der Waals surface area contributed by atoms with Crippen LogP contribution in [0.25, 0.3) is 42.2 Å². The number of nitrogens with one attached hydrogen (secondary N) is 1. The molecular weight excluding hydrogens is 569 g/mol. The number of carbonyl (C=O) groups is 2. The van der Waals surface area contributed by atoms with Gasteiger partial charge in [0.25, 0.3) is 0 Å². The molecule has 3 aromatic carbocycles. The Balaban J connectivity index is 1.34. The molecule has 8 nitrogen and oxygen atoms in total. The molecule has 212 valence electrons. The second kappa shape index (κ2) is 10.8. The number of primary amides is 1. The highest BCUT2D eigenvalue weighted by Gasteiger charge is 2.53. The summed E-state index contributed by atoms with van der Waals surface area (Å²) in [5, 5.41) is 24.2. The number of hydrogen-bond donors (Lipinski definition) is 4. The number of aromatic nitrogens is 2. The van der Waals surface area contributed by atoms with Crippen molar-refractivity contribution >= 4 is 34.7 Å². The van der Waals surface area contributed by atoms with Crippen LogP contribution in [0.4, 0.5) is 4.79 Å². The minimum Gasteiger partial charge on any atom is -0.465 e. The predicted octanol–water partition coefficient (Wildman–Crippen LogP) is 6.30. The smallest absolute Gasteiger partial charge is 0.405 e. The van der Waals surface area contributed by atoms with E-state index in [1.807, 2.05) is 72.9 Å². The van der Waals surface area contributed by atoms with Gasteiger partial charge in [0.15, 0.2) is 0 Å². The van der Waals surface area contributed by atoms with Gasteiger partial charge in [-0.2, -0.15) is 0 Å². The molecule has 2 amide bonds. The summed E-state index contributed by atoms with van der Waals surface area (Å²) in [5.41, 5.74) is 9.00. The predicted molar refractivity (Wildman–Crippen MR) is 165 cm³/mol. The molecule has 6 rings (SSSR count). The van der Waals surface area contributed by atoms with Crippen LogP contribution in [0, 0.1) is 0 Å². The van der Waals surface area contributed by atoms with Gasteiger partial charge in [-0.15, -0.1) is 22.7 Å². The highest BCUT2D eigenvalue weighted by molar-refractivity contribution is 7.25. The van der Waals surface area contributed by atoms with Crippen molar-refractivity contribution in [3.05, 3.63) is 96.2 Å². The van der Waals surface area contributed by atoms with Crippen LogP contribution in [0.5, 0.6) is 0 Å². The number of carboxylic acid groups (broad SMARTS) is 1. The van der Waals surface area contributed by atoms with E-state index in [0.717, 1.165) is 53.3 Å². The van der Waals surface area contributed by atoms with Crippen molar-refractivity contribution in [2.45, 2.75) is 37.3 Å². The Labute approximate surface area is 250 Å². The number of thiazole rings is 2. The lowest BCUT2D eigenvalue weighted by Gasteiger charge is -2.51. The first-order valence-corrected chi connectivity index (χ1v) is 15.0. The van der Waals surface area contributed by atoms with Gasteiger partial charge in [-0.25, -0.2) is 14.8 Å². The minimum atomic E-state index is -1.12. The van der Waals surface area contributed by atoms with E-state index in [1.165, 1.54) is 0 Å². The number of nitrogens with two attached hydrogens (primary N) is 1. The summed E-state index contributed by atoms with van der Waals surface area (Å²) >= 11 is 3.15. The van der Waals surface area contributed by atoms with Crippen molar-refractivity contribution < 1.29 is 19.8 Å². The summed E-state index contributed by atoms with van der Waals surface area (Å²) in [5.74, 6) is -0.365. The highest BCUT2D eigenvalue weighted by atomic mass is 32.1. The van der Waals surface area contributed by atoms with Crippen LogP contribution in [0.3, 0.4) is 0 Å². The standard InChI is InChI=1S/C32H28N4O4S2/c1-31(40)17-32(18-31,36-30(38)39)23-13-11-20(12-14-23)26-27(21-5-3-2-4-6-21)42-29(35-26)24-16-34-28(41-24)22-9-7-19(8-10-22)15-25(33)37/h2-14,16,36,40H,15,17-18H2,1H3,(H2,33,37)(H,38,39). The van der Waals surface area contributed by atoms with E-state index < -0.39 is 17.2 Å². The van der Waals surface area contributed by atoms with Crippen LogP contribution in [0.2, 0.25) is 0 Å². The Morgan fingerprint density at radius 1 is 0.905 bits per heavy atom. The molecule has 42 heavy (non-hydrogen) atoms. The van der Waals surface area contributed by atoms with Crippen LogP contribution >= 0.6 is 22.7 Å². The van der Waals surface area contributed by atoms with E-state index in [1.54, 1.807) is 29.6 Å². The molecule has 0 bridgehead atoms. The molecule has 0 aliphatic heterocycles. The SMILES string of the molecule is CC1(O)CC(NC(=O)O)(c2ccc(-c3nc(-c4cnc(-c5ccc(CC(N)=O)cc5)s4)sc3-c3ccccc3)cc2)C1. The number of benzene rings is 3. The molecule has 10 heteroatoms. The largest absolute Gasteiger partial charge is 0.465 e. The van der Waals surface area contributed by atoms with Crippen molar-refractivity contribution in [2.75, 3.05) is 0 Å². The van der Waals surface area contributed by atoms with Crippen molar-refractivity contribution in [3.8, 4) is 42.2 Å². The van der Waals surface area contributed by atoms with Crippen molar-refractivity contribution in [1.29, 1.82) is 0 Å². The molecule has 0 saturated heterocycles. The third-order valence-electron chi connectivity index (χ3n) is 7.38. The van der Waals surface area contributed by atoms with E-state index in [-0.39, 0.29) is 12.3 Å². The Bertz CT molecular complexity index is 1750. The number of nitrogens with zero attached hydrogens (tertiary/aromatic N) is 2. The summed E-state index contributed by atoms with van der Waals surface area (Å²) < 4.78 is 0. The van der Waals surface area contributed by atoms with Gasteiger partial charge in [-0.05, 0) is 23.6 Å². The Morgan fingerprint density at radius 2 is 1.57 bits per heavy atom. The molecule has 5 aromatic rings. The van der Waals surface area contributed by atoms with E-state index in [9.17, 15) is 19.8 Å². The molecule has 0 radical (unpaired) electrons. The maximum absolute atomic E-state index is 11.5. The fraction of sp³-hybridized carbons (Fsp3) is 0.188. The monoisotopic (exact) mass is 596 g/mol. The molecule has 0 spiro atoms. The number of aliphatic hydroxyl groups is 1. The van der Waals surface area contributed by atoms with Crippen molar-refractivity contribution in [2.24, 2.45) is 5.73 Å². The molecule has 1 aliphatic carbocycles. The molecule has 2 heterocycles. The van der Waals surface area contributed by atoms with Gasteiger partial charge in [-0.3, -0.25) is 4.79 Å². The molecule has 0 atom stereocenters. The average molecular weight is 597 g/mol. The summed E-state index contributed by atoms with van der Waals surface area (Å²) in [4.78, 5) is 34.4. The Kier molecular flexibility index (Phi) is 7.14. The summed E-state index contributed by atoms with van der Waals surface area (Å²) in [6.45, 7) is 1.72. The van der Waals surface area contributed by atoms with E-state index >= 15 is 0 Å². The molecule has 0 unspecified atom stereocenters. The van der Waals surface area contributed by atoms with Crippen LogP contribution in [0.1, 0.15) is 30.9 Å². The quantitative estimate of drug-likeness (QED) is 0.166. The van der Waals surface area contributed by atoms with Gasteiger partial charge >= 0.3 is 6.09 Å². The van der Waals surface area contributed by atoms with Crippen molar-refractivity contribution in [1.82, 2.24) is 15.3 Å². The molecule has 5 N–H and O–H groups in total. The lowest BCUT2D eigenvalue weighted by atomic mass is 9.62. The fourth-order valence-corrected chi connectivity index (χ4v) is 7.70. The second-order valence-electron chi connectivity index (χ2n) is 10.9. The topological polar surface area (TPSA) is 138 Å². The Hall–Kier alpha value is -4.38. The van der Waals surface area contributed by atoms with E-state index in [0.29, 0.717) is 12.8 Å². The molecule has 1 saturated carbocycles. The lowest BCUT2D eigenvalue weighted by Crippen LogP contribution is -2.61. The van der Waals surface area contributed by atoms with Crippen molar-refractivity contribution in [3.63, 3.8) is 0 Å². The zero-order chi connectivity index (χ0) is 29.5. The zero-order valence-electron chi connectivity index (χ0n) is 22.7. The number of rotatable bonds is 8. The average Bonchev–Trinajstić information content (AvgIpc) is 3.61. The minimum absolute atomic E-state index is 0.201. The molecule has 1 fully saturated rings. The van der Waals surface area contributed by atoms with Crippen LogP contribution < -0.4 is 11.1 Å². The maximum atomic E-state index is 11.5. The van der Waals surface area contributed by atoms with Gasteiger partial charge in [-0.1, -0.05) is 78.9 Å². The highest BCUT2D eigenvalue weighted by Crippen LogP contribution is 2.49. The number of hydrogen-bond acceptors (Lipinski definition) is 7. The first-order chi connectivity index (χ1) is 20.1. The fourth-order valence-electron chi connectivity index (χ4n) is 5.64. The van der Waals surface area contributed by atoms with E-state index in [2.05, 4.69) is 22.4 Å². The summed E-state index contributed by atoms with van der Waals surface area (Å²) in [6.07, 6.45) is 1.54. The summed E-state index contributed by atoms with van der Waals surface area (Å²) in [7, 11) is 0. The van der Waals surface area contributed by atoms with Crippen LogP contribution in [-0.4, -0.2) is 37.8 Å². The first-order valence-electron chi connectivity index (χ1n) is 13.4. The lowest BCUT2D eigenvalue weighted by molar-refractivity contribution is -0.117. The third-order valence-corrected chi connectivity index (χ3v) is 9.70. The number of amides is 2. The zero-order valence-corrected chi connectivity index (χ0v) is 24.3. The Morgan fingerprint density at radius 3 is 2.19 bits per heavy atom. The maximum Gasteiger partial charge on any atom is 0.405 e. The van der Waals surface area contributed by atoms with Gasteiger partial charge in [0.05, 0.1) is 33.0 Å². The second-order valence-corrected chi connectivity index (χ2v) is 12.9. The van der Waals surface area contributed by atoms with E-state index in [4.69, 9.17) is 10.7 Å². The first kappa shape index (κ1) is 27.8. The van der Waals surface area contributed by atoms with Crippen LogP contribution in [0.15, 0.2) is 85.1 Å².